The first-order chi connectivity index (χ1) is 9.24. The zero-order chi connectivity index (χ0) is 15.1. The monoisotopic (exact) mass is 284 g/mol. The molecular formula is C14H24N2O4. The number of hydrogen-bond acceptors (Lipinski definition) is 5. The first kappa shape index (κ1) is 15.1. The minimum Gasteiger partial charge on any atom is -0.464 e. The van der Waals surface area contributed by atoms with Crippen LogP contribution in [0.1, 0.15) is 40.5 Å². The Hall–Kier alpha value is -1.30. The van der Waals surface area contributed by atoms with Crippen molar-refractivity contribution in [2.45, 2.75) is 64.3 Å². The molecule has 0 aromatic heterocycles. The van der Waals surface area contributed by atoms with Gasteiger partial charge in [0.05, 0.1) is 6.61 Å². The van der Waals surface area contributed by atoms with Crippen LogP contribution >= 0.6 is 0 Å². The molecule has 2 fully saturated rings. The molecule has 20 heavy (non-hydrogen) atoms. The van der Waals surface area contributed by atoms with Crippen molar-refractivity contribution in [1.82, 2.24) is 4.90 Å². The van der Waals surface area contributed by atoms with Crippen LogP contribution < -0.4 is 5.73 Å². The molecule has 0 radical (unpaired) electrons. The minimum atomic E-state index is -0.599. The van der Waals surface area contributed by atoms with Crippen LogP contribution in [0.15, 0.2) is 0 Å². The second kappa shape index (κ2) is 5.24. The number of esters is 1. The Labute approximate surface area is 119 Å². The zero-order valence-corrected chi connectivity index (χ0v) is 12.6. The summed E-state index contributed by atoms with van der Waals surface area (Å²) < 4.78 is 10.5. The number of fused-ring (bicyclic) bond motifs is 2. The third kappa shape index (κ3) is 2.75. The maximum Gasteiger partial charge on any atom is 0.411 e. The van der Waals surface area contributed by atoms with Crippen molar-refractivity contribution >= 4 is 12.1 Å². The Balaban J connectivity index is 2.17. The summed E-state index contributed by atoms with van der Waals surface area (Å²) in [5.74, 6) is -0.396. The van der Waals surface area contributed by atoms with Crippen LogP contribution in [0.25, 0.3) is 0 Å². The highest BCUT2D eigenvalue weighted by Crippen LogP contribution is 2.42. The van der Waals surface area contributed by atoms with Gasteiger partial charge in [-0.25, -0.2) is 9.59 Å². The lowest BCUT2D eigenvalue weighted by molar-refractivity contribution is -0.151. The number of rotatable bonds is 2. The van der Waals surface area contributed by atoms with Gasteiger partial charge in [0.2, 0.25) is 0 Å². The number of carbonyl (C=O) groups is 2. The van der Waals surface area contributed by atoms with Gasteiger partial charge in [-0.3, -0.25) is 4.90 Å². The lowest BCUT2D eigenvalue weighted by atomic mass is 9.94. The summed E-state index contributed by atoms with van der Waals surface area (Å²) in [7, 11) is 0. The highest BCUT2D eigenvalue weighted by molar-refractivity contribution is 5.83. The van der Waals surface area contributed by atoms with Gasteiger partial charge in [0, 0.05) is 18.0 Å². The Bertz CT molecular complexity index is 404. The smallest absolute Gasteiger partial charge is 0.411 e. The van der Waals surface area contributed by atoms with E-state index >= 15 is 0 Å². The summed E-state index contributed by atoms with van der Waals surface area (Å²) in [5.41, 5.74) is 5.46. The van der Waals surface area contributed by atoms with E-state index in [-0.39, 0.29) is 24.0 Å². The average molecular weight is 284 g/mol. The number of piperidine rings is 1. The number of carbonyl (C=O) groups excluding carboxylic acids is 2. The summed E-state index contributed by atoms with van der Waals surface area (Å²) in [6, 6.07) is -0.661. The van der Waals surface area contributed by atoms with E-state index in [9.17, 15) is 9.59 Å². The van der Waals surface area contributed by atoms with Crippen LogP contribution in [0.2, 0.25) is 0 Å². The predicted molar refractivity (Wildman–Crippen MR) is 73.0 cm³/mol. The lowest BCUT2D eigenvalue weighted by Crippen LogP contribution is -2.55. The summed E-state index contributed by atoms with van der Waals surface area (Å²) in [6.07, 6.45) is 1.03. The summed E-state index contributed by atoms with van der Waals surface area (Å²) in [4.78, 5) is 26.0. The van der Waals surface area contributed by atoms with Crippen molar-refractivity contribution in [1.29, 1.82) is 0 Å². The van der Waals surface area contributed by atoms with E-state index in [1.54, 1.807) is 6.92 Å². The molecule has 2 N–H and O–H groups in total. The first-order valence-electron chi connectivity index (χ1n) is 7.18. The highest BCUT2D eigenvalue weighted by atomic mass is 16.6. The molecule has 1 heterocycles. The molecule has 1 aliphatic heterocycles. The molecule has 1 saturated carbocycles. The van der Waals surface area contributed by atoms with E-state index in [1.165, 1.54) is 4.90 Å². The molecular weight excluding hydrogens is 260 g/mol. The number of amides is 1. The van der Waals surface area contributed by atoms with Crippen LogP contribution in [0, 0.1) is 5.92 Å². The molecule has 4 atom stereocenters. The quantitative estimate of drug-likeness (QED) is 0.772. The van der Waals surface area contributed by atoms with Crippen LogP contribution in [-0.4, -0.2) is 47.3 Å². The molecule has 0 aromatic carbocycles. The van der Waals surface area contributed by atoms with E-state index in [0.717, 1.165) is 12.8 Å². The van der Waals surface area contributed by atoms with Crippen molar-refractivity contribution < 1.29 is 19.1 Å². The summed E-state index contributed by atoms with van der Waals surface area (Å²) in [6.45, 7) is 7.48. The molecule has 114 valence electrons. The van der Waals surface area contributed by atoms with Gasteiger partial charge in [0.1, 0.15) is 11.6 Å². The van der Waals surface area contributed by atoms with Gasteiger partial charge in [-0.15, -0.1) is 0 Å². The van der Waals surface area contributed by atoms with E-state index < -0.39 is 17.7 Å². The van der Waals surface area contributed by atoms with Gasteiger partial charge < -0.3 is 15.2 Å². The first-order valence-corrected chi connectivity index (χ1v) is 7.18. The molecule has 0 aromatic rings. The molecule has 2 bridgehead atoms. The number of nitrogens with zero attached hydrogens (tertiary/aromatic N) is 1. The fourth-order valence-corrected chi connectivity index (χ4v) is 3.19. The van der Waals surface area contributed by atoms with Crippen LogP contribution in [0.5, 0.6) is 0 Å². The summed E-state index contributed by atoms with van der Waals surface area (Å²) in [5, 5.41) is 0. The molecule has 1 amide bonds. The maximum atomic E-state index is 12.3. The molecule has 1 unspecified atom stereocenters. The fraction of sp³-hybridized carbons (Fsp3) is 0.857. The second-order valence-corrected chi connectivity index (χ2v) is 6.54. The minimum absolute atomic E-state index is 0.0146. The molecule has 2 aliphatic rings. The van der Waals surface area contributed by atoms with Gasteiger partial charge in [0.15, 0.2) is 0 Å². The third-order valence-corrected chi connectivity index (χ3v) is 3.87. The maximum absolute atomic E-state index is 12.3. The van der Waals surface area contributed by atoms with Gasteiger partial charge in [0.25, 0.3) is 0 Å². The van der Waals surface area contributed by atoms with Gasteiger partial charge >= 0.3 is 12.1 Å². The highest BCUT2D eigenvalue weighted by Gasteiger charge is 2.56. The Kier molecular flexibility index (Phi) is 3.95. The van der Waals surface area contributed by atoms with Crippen LogP contribution in [0.4, 0.5) is 4.79 Å². The number of nitrogens with two attached hydrogens (primary N) is 1. The topological polar surface area (TPSA) is 81.9 Å². The standard InChI is InChI=1S/C14H24N2O4/c1-5-19-12(17)11-9-6-8(7-10(9)15)16(11)13(18)20-14(2,3)4/h8-11H,5-7,15H2,1-4H3/t8-,9-,10?,11+/m1/s1. The number of likely N-dealkylation sites (tertiary alicyclic amines) is 1. The van der Waals surface area contributed by atoms with Crippen LogP contribution in [-0.2, 0) is 14.3 Å². The fourth-order valence-electron chi connectivity index (χ4n) is 3.19. The van der Waals surface area contributed by atoms with Gasteiger partial charge in [-0.1, -0.05) is 0 Å². The van der Waals surface area contributed by atoms with Crippen molar-refractivity contribution in [3.8, 4) is 0 Å². The van der Waals surface area contributed by atoms with E-state index in [4.69, 9.17) is 15.2 Å². The Morgan fingerprint density at radius 1 is 1.30 bits per heavy atom. The molecule has 1 saturated heterocycles. The second-order valence-electron chi connectivity index (χ2n) is 6.54. The van der Waals surface area contributed by atoms with Crippen molar-refractivity contribution in [2.75, 3.05) is 6.61 Å². The number of ether oxygens (including phenoxy) is 2. The lowest BCUT2D eigenvalue weighted by Gasteiger charge is -2.37. The molecule has 0 spiro atoms. The van der Waals surface area contributed by atoms with E-state index in [1.807, 2.05) is 20.8 Å². The van der Waals surface area contributed by atoms with Crippen molar-refractivity contribution in [2.24, 2.45) is 11.7 Å². The zero-order valence-electron chi connectivity index (χ0n) is 12.6. The van der Waals surface area contributed by atoms with Crippen molar-refractivity contribution in [3.63, 3.8) is 0 Å². The van der Waals surface area contributed by atoms with Gasteiger partial charge in [-0.05, 0) is 40.5 Å². The molecule has 6 nitrogen and oxygen atoms in total. The van der Waals surface area contributed by atoms with E-state index in [0.29, 0.717) is 6.61 Å². The van der Waals surface area contributed by atoms with E-state index in [2.05, 4.69) is 0 Å². The molecule has 6 heteroatoms. The molecule has 2 rings (SSSR count). The SMILES string of the molecule is CCOC(=O)[C@@H]1[C@@H]2C[C@H](CC2N)N1C(=O)OC(C)(C)C. The summed E-state index contributed by atoms with van der Waals surface area (Å²) >= 11 is 0. The van der Waals surface area contributed by atoms with Gasteiger partial charge in [-0.2, -0.15) is 0 Å². The Morgan fingerprint density at radius 3 is 2.50 bits per heavy atom. The van der Waals surface area contributed by atoms with Crippen molar-refractivity contribution in [3.05, 3.63) is 0 Å². The Morgan fingerprint density at radius 2 is 1.95 bits per heavy atom. The predicted octanol–water partition coefficient (Wildman–Crippen LogP) is 1.27. The largest absolute Gasteiger partial charge is 0.464 e. The molecule has 1 aliphatic carbocycles. The van der Waals surface area contributed by atoms with Crippen LogP contribution in [0.3, 0.4) is 0 Å². The normalized spacial score (nSPS) is 32.4. The third-order valence-electron chi connectivity index (χ3n) is 3.87. The average Bonchev–Trinajstić information content (AvgIpc) is 2.82. The number of hydrogen-bond donors (Lipinski definition) is 1.